The lowest BCUT2D eigenvalue weighted by atomic mass is 9.86. The van der Waals surface area contributed by atoms with E-state index in [-0.39, 0.29) is 17.9 Å². The minimum Gasteiger partial charge on any atom is -0.393 e. The van der Waals surface area contributed by atoms with Crippen molar-refractivity contribution in [3.8, 4) is 11.3 Å². The van der Waals surface area contributed by atoms with E-state index in [0.717, 1.165) is 31.2 Å². The zero-order chi connectivity index (χ0) is 17.1. The number of nitrogens with zero attached hydrogens (tertiary/aromatic N) is 2. The van der Waals surface area contributed by atoms with Gasteiger partial charge in [-0.2, -0.15) is 5.10 Å². The summed E-state index contributed by atoms with van der Waals surface area (Å²) in [6.45, 7) is 0.556. The molecule has 2 N–H and O–H groups in total. The number of benzene rings is 1. The van der Waals surface area contributed by atoms with Gasteiger partial charge < -0.3 is 10.0 Å². The molecular weight excluding hydrogens is 326 g/mol. The highest BCUT2D eigenvalue weighted by Gasteiger charge is 2.26. The Bertz CT molecular complexity index is 716. The summed E-state index contributed by atoms with van der Waals surface area (Å²) in [6.07, 6.45) is 3.66. The van der Waals surface area contributed by atoms with Gasteiger partial charge in [0.2, 0.25) is 0 Å². The Labute approximate surface area is 146 Å². The SMILES string of the molecule is CN(CC1CCCCC1O)C(=O)c1cc(-c2ccccc2Cl)n[nH]1. The number of hydrogen-bond acceptors (Lipinski definition) is 3. The highest BCUT2D eigenvalue weighted by atomic mass is 35.5. The molecule has 24 heavy (non-hydrogen) atoms. The first kappa shape index (κ1) is 17.0. The standard InChI is InChI=1S/C18H22ClN3O2/c1-22(11-12-6-2-5-9-17(12)23)18(24)16-10-15(20-21-16)13-7-3-4-8-14(13)19/h3-4,7-8,10,12,17,23H,2,5-6,9,11H2,1H3,(H,20,21). The van der Waals surface area contributed by atoms with Crippen LogP contribution in [0, 0.1) is 5.92 Å². The Kier molecular flexibility index (Phi) is 5.21. The van der Waals surface area contributed by atoms with Gasteiger partial charge in [0.1, 0.15) is 5.69 Å². The molecule has 5 nitrogen and oxygen atoms in total. The van der Waals surface area contributed by atoms with Crippen LogP contribution in [-0.4, -0.2) is 45.8 Å². The van der Waals surface area contributed by atoms with Gasteiger partial charge in [-0.05, 0) is 25.0 Å². The second-order valence-corrected chi connectivity index (χ2v) is 6.85. The fourth-order valence-corrected chi connectivity index (χ4v) is 3.51. The first-order valence-electron chi connectivity index (χ1n) is 8.30. The van der Waals surface area contributed by atoms with E-state index in [1.165, 1.54) is 0 Å². The van der Waals surface area contributed by atoms with E-state index in [1.54, 1.807) is 24.1 Å². The van der Waals surface area contributed by atoms with E-state index in [9.17, 15) is 9.90 Å². The fraction of sp³-hybridized carbons (Fsp3) is 0.444. The Hall–Kier alpha value is -1.85. The van der Waals surface area contributed by atoms with Crippen molar-refractivity contribution in [1.29, 1.82) is 0 Å². The van der Waals surface area contributed by atoms with Gasteiger partial charge in [-0.1, -0.05) is 42.6 Å². The minimum absolute atomic E-state index is 0.126. The van der Waals surface area contributed by atoms with Gasteiger partial charge in [0.15, 0.2) is 0 Å². The third kappa shape index (κ3) is 3.62. The van der Waals surface area contributed by atoms with E-state index >= 15 is 0 Å². The summed E-state index contributed by atoms with van der Waals surface area (Å²) < 4.78 is 0. The van der Waals surface area contributed by atoms with Gasteiger partial charge in [-0.3, -0.25) is 9.89 Å². The van der Waals surface area contributed by atoms with E-state index in [1.807, 2.05) is 18.2 Å². The molecule has 2 aromatic rings. The number of hydrogen-bond donors (Lipinski definition) is 2. The molecule has 0 aliphatic heterocycles. The van der Waals surface area contributed by atoms with Gasteiger partial charge >= 0.3 is 0 Å². The third-order valence-corrected chi connectivity index (χ3v) is 5.01. The zero-order valence-corrected chi connectivity index (χ0v) is 14.5. The smallest absolute Gasteiger partial charge is 0.271 e. The Morgan fingerprint density at radius 1 is 1.38 bits per heavy atom. The first-order valence-corrected chi connectivity index (χ1v) is 8.68. The summed E-state index contributed by atoms with van der Waals surface area (Å²) in [5.41, 5.74) is 1.87. The number of rotatable bonds is 4. The predicted molar refractivity (Wildman–Crippen MR) is 94.0 cm³/mol. The predicted octanol–water partition coefficient (Wildman–Crippen LogP) is 3.35. The van der Waals surface area contributed by atoms with Crippen LogP contribution in [0.1, 0.15) is 36.2 Å². The summed E-state index contributed by atoms with van der Waals surface area (Å²) in [5.74, 6) is 0.0252. The molecule has 1 heterocycles. The molecule has 0 spiro atoms. The largest absolute Gasteiger partial charge is 0.393 e. The number of halogens is 1. The molecule has 128 valence electrons. The fourth-order valence-electron chi connectivity index (χ4n) is 3.28. The lowest BCUT2D eigenvalue weighted by Gasteiger charge is -2.31. The van der Waals surface area contributed by atoms with Crippen LogP contribution in [0.4, 0.5) is 0 Å². The number of aliphatic hydroxyl groups is 1. The minimum atomic E-state index is -0.311. The number of carbonyl (C=O) groups is 1. The van der Waals surface area contributed by atoms with Crippen LogP contribution < -0.4 is 0 Å². The molecule has 2 atom stereocenters. The first-order chi connectivity index (χ1) is 11.6. The summed E-state index contributed by atoms with van der Waals surface area (Å²) in [6, 6.07) is 9.12. The average molecular weight is 348 g/mol. The Balaban J connectivity index is 1.70. The van der Waals surface area contributed by atoms with Crippen LogP contribution >= 0.6 is 11.6 Å². The van der Waals surface area contributed by atoms with Crippen LogP contribution in [0.2, 0.25) is 5.02 Å². The number of aromatic nitrogens is 2. The zero-order valence-electron chi connectivity index (χ0n) is 13.7. The van der Waals surface area contributed by atoms with Crippen molar-refractivity contribution in [2.45, 2.75) is 31.8 Å². The molecule has 1 amide bonds. The molecule has 1 fully saturated rings. The molecule has 0 bridgehead atoms. The lowest BCUT2D eigenvalue weighted by molar-refractivity contribution is 0.0448. The van der Waals surface area contributed by atoms with Gasteiger partial charge in [-0.15, -0.1) is 0 Å². The second-order valence-electron chi connectivity index (χ2n) is 6.44. The lowest BCUT2D eigenvalue weighted by Crippen LogP contribution is -2.38. The topological polar surface area (TPSA) is 69.2 Å². The van der Waals surface area contributed by atoms with Crippen molar-refractivity contribution >= 4 is 17.5 Å². The van der Waals surface area contributed by atoms with Crippen LogP contribution in [0.5, 0.6) is 0 Å². The maximum absolute atomic E-state index is 12.6. The van der Waals surface area contributed by atoms with Gasteiger partial charge in [0, 0.05) is 25.1 Å². The van der Waals surface area contributed by atoms with Crippen LogP contribution in [-0.2, 0) is 0 Å². The molecule has 0 saturated heterocycles. The number of carbonyl (C=O) groups excluding carboxylic acids is 1. The Morgan fingerprint density at radius 2 is 2.12 bits per heavy atom. The maximum Gasteiger partial charge on any atom is 0.271 e. The molecule has 2 unspecified atom stereocenters. The van der Waals surface area contributed by atoms with Crippen molar-refractivity contribution in [1.82, 2.24) is 15.1 Å². The number of H-pyrrole nitrogens is 1. The molecule has 1 aliphatic carbocycles. The van der Waals surface area contributed by atoms with Crippen molar-refractivity contribution in [3.05, 3.63) is 41.0 Å². The van der Waals surface area contributed by atoms with Gasteiger partial charge in [0.25, 0.3) is 5.91 Å². The monoisotopic (exact) mass is 347 g/mol. The normalized spacial score (nSPS) is 20.8. The van der Waals surface area contributed by atoms with Crippen molar-refractivity contribution in [2.24, 2.45) is 5.92 Å². The average Bonchev–Trinajstić information content (AvgIpc) is 3.06. The highest BCUT2D eigenvalue weighted by molar-refractivity contribution is 6.33. The third-order valence-electron chi connectivity index (χ3n) is 4.68. The maximum atomic E-state index is 12.6. The van der Waals surface area contributed by atoms with E-state index in [4.69, 9.17) is 11.6 Å². The molecular formula is C18H22ClN3O2. The Morgan fingerprint density at radius 3 is 2.88 bits per heavy atom. The van der Waals surface area contributed by atoms with Gasteiger partial charge in [-0.25, -0.2) is 0 Å². The molecule has 3 rings (SSSR count). The van der Waals surface area contributed by atoms with Crippen LogP contribution in [0.25, 0.3) is 11.3 Å². The summed E-state index contributed by atoms with van der Waals surface area (Å²) in [4.78, 5) is 14.3. The highest BCUT2D eigenvalue weighted by Crippen LogP contribution is 2.27. The van der Waals surface area contributed by atoms with Crippen molar-refractivity contribution in [3.63, 3.8) is 0 Å². The van der Waals surface area contributed by atoms with Crippen LogP contribution in [0.3, 0.4) is 0 Å². The van der Waals surface area contributed by atoms with Crippen LogP contribution in [0.15, 0.2) is 30.3 Å². The molecule has 1 aliphatic rings. The summed E-state index contributed by atoms with van der Waals surface area (Å²) in [7, 11) is 1.76. The molecule has 6 heteroatoms. The quantitative estimate of drug-likeness (QED) is 0.891. The number of amides is 1. The number of aromatic amines is 1. The number of nitrogens with one attached hydrogen (secondary N) is 1. The van der Waals surface area contributed by atoms with Crippen molar-refractivity contribution < 1.29 is 9.90 Å². The molecule has 1 saturated carbocycles. The van der Waals surface area contributed by atoms with E-state index in [2.05, 4.69) is 10.2 Å². The van der Waals surface area contributed by atoms with E-state index < -0.39 is 0 Å². The number of aliphatic hydroxyl groups excluding tert-OH is 1. The molecule has 0 radical (unpaired) electrons. The van der Waals surface area contributed by atoms with Crippen molar-refractivity contribution in [2.75, 3.05) is 13.6 Å². The molecule has 1 aromatic heterocycles. The van der Waals surface area contributed by atoms with E-state index in [0.29, 0.717) is 23.0 Å². The molecule has 1 aromatic carbocycles. The summed E-state index contributed by atoms with van der Waals surface area (Å²) in [5, 5.41) is 17.7. The second kappa shape index (κ2) is 7.36. The van der Waals surface area contributed by atoms with Gasteiger partial charge in [0.05, 0.1) is 16.8 Å². The summed E-state index contributed by atoms with van der Waals surface area (Å²) >= 11 is 6.18.